The molecule has 8 heteroatoms. The van der Waals surface area contributed by atoms with Crippen molar-refractivity contribution < 1.29 is 13.6 Å². The van der Waals surface area contributed by atoms with E-state index in [4.69, 9.17) is 0 Å². The second-order valence-electron chi connectivity index (χ2n) is 5.37. The van der Waals surface area contributed by atoms with E-state index in [9.17, 15) is 13.6 Å². The predicted molar refractivity (Wildman–Crippen MR) is 95.7 cm³/mol. The molecule has 26 heavy (non-hydrogen) atoms. The third-order valence-corrected chi connectivity index (χ3v) is 4.30. The van der Waals surface area contributed by atoms with Crippen molar-refractivity contribution in [3.8, 4) is 5.69 Å². The number of para-hydroxylation sites is 1. The first-order chi connectivity index (χ1) is 12.6. The van der Waals surface area contributed by atoms with E-state index < -0.39 is 11.7 Å². The molecule has 0 saturated heterocycles. The molecule has 0 bridgehead atoms. The quantitative estimate of drug-likeness (QED) is 0.643. The summed E-state index contributed by atoms with van der Waals surface area (Å²) in [4.78, 5) is 16.1. The molecule has 0 unspecified atom stereocenters. The number of hydrogen-bond donors (Lipinski definition) is 1. The summed E-state index contributed by atoms with van der Waals surface area (Å²) in [5.41, 5.74) is 2.06. The van der Waals surface area contributed by atoms with E-state index >= 15 is 0 Å². The number of amides is 1. The zero-order valence-electron chi connectivity index (χ0n) is 13.7. The van der Waals surface area contributed by atoms with Gasteiger partial charge in [-0.05, 0) is 48.0 Å². The zero-order valence-corrected chi connectivity index (χ0v) is 14.5. The number of nitrogens with one attached hydrogen (secondary N) is 1. The number of carbonyl (C=O) groups excluding carboxylic acids is 1. The van der Waals surface area contributed by atoms with Crippen LogP contribution in [0.4, 0.5) is 8.78 Å². The van der Waals surface area contributed by atoms with E-state index in [1.165, 1.54) is 12.3 Å². The van der Waals surface area contributed by atoms with Crippen molar-refractivity contribution in [3.63, 3.8) is 0 Å². The molecule has 0 radical (unpaired) electrons. The number of pyridine rings is 1. The van der Waals surface area contributed by atoms with Crippen molar-refractivity contribution in [1.29, 1.82) is 0 Å². The van der Waals surface area contributed by atoms with Gasteiger partial charge < -0.3 is 5.32 Å². The van der Waals surface area contributed by atoms with Gasteiger partial charge in [0, 0.05) is 18.9 Å². The van der Waals surface area contributed by atoms with Gasteiger partial charge in [-0.15, -0.1) is 0 Å². The Hall–Kier alpha value is -2.74. The Morgan fingerprint density at radius 2 is 2.00 bits per heavy atom. The lowest BCUT2D eigenvalue weighted by molar-refractivity contribution is 0.0950. The van der Waals surface area contributed by atoms with Crippen molar-refractivity contribution in [1.82, 2.24) is 20.1 Å². The SMILES string of the molecule is O=C(NCCc1cnn(-c2ccccc2)c1)c1cccnc1SC(F)F. The maximum absolute atomic E-state index is 12.6. The molecule has 0 aliphatic rings. The van der Waals surface area contributed by atoms with Crippen LogP contribution in [0.2, 0.25) is 0 Å². The summed E-state index contributed by atoms with van der Waals surface area (Å²) in [6, 6.07) is 12.7. The van der Waals surface area contributed by atoms with Crippen LogP contribution in [0.1, 0.15) is 15.9 Å². The smallest absolute Gasteiger partial charge is 0.290 e. The third kappa shape index (κ3) is 4.66. The Morgan fingerprint density at radius 3 is 2.77 bits per heavy atom. The standard InChI is InChI=1S/C18H16F2N4OS/c19-18(20)26-17-15(7-4-9-22-17)16(25)21-10-8-13-11-23-24(12-13)14-5-2-1-3-6-14/h1-7,9,11-12,18H,8,10H2,(H,21,25). The Bertz CT molecular complexity index is 870. The molecular weight excluding hydrogens is 358 g/mol. The highest BCUT2D eigenvalue weighted by atomic mass is 32.2. The van der Waals surface area contributed by atoms with Crippen molar-refractivity contribution in [2.45, 2.75) is 17.2 Å². The van der Waals surface area contributed by atoms with Crippen LogP contribution in [-0.4, -0.2) is 33.0 Å². The number of alkyl halides is 2. The summed E-state index contributed by atoms with van der Waals surface area (Å²) >= 11 is 0.266. The van der Waals surface area contributed by atoms with Crippen LogP contribution in [0.15, 0.2) is 66.1 Å². The number of carbonyl (C=O) groups is 1. The van der Waals surface area contributed by atoms with Crippen LogP contribution >= 0.6 is 11.8 Å². The average molecular weight is 374 g/mol. The van der Waals surface area contributed by atoms with Gasteiger partial charge >= 0.3 is 0 Å². The molecule has 3 rings (SSSR count). The van der Waals surface area contributed by atoms with Crippen LogP contribution in [-0.2, 0) is 6.42 Å². The fourth-order valence-electron chi connectivity index (χ4n) is 2.37. The molecule has 3 aromatic rings. The van der Waals surface area contributed by atoms with Crippen molar-refractivity contribution in [3.05, 3.63) is 72.2 Å². The molecule has 2 aromatic heterocycles. The molecular formula is C18H16F2N4OS. The van der Waals surface area contributed by atoms with Gasteiger partial charge in [-0.25, -0.2) is 9.67 Å². The van der Waals surface area contributed by atoms with E-state index in [2.05, 4.69) is 15.4 Å². The van der Waals surface area contributed by atoms with E-state index in [0.29, 0.717) is 13.0 Å². The second-order valence-corrected chi connectivity index (χ2v) is 6.35. The lowest BCUT2D eigenvalue weighted by Crippen LogP contribution is -2.26. The molecule has 5 nitrogen and oxygen atoms in total. The monoisotopic (exact) mass is 374 g/mol. The number of benzene rings is 1. The van der Waals surface area contributed by atoms with E-state index in [0.717, 1.165) is 11.3 Å². The first kappa shape index (κ1) is 18.1. The lowest BCUT2D eigenvalue weighted by Gasteiger charge is -2.08. The van der Waals surface area contributed by atoms with Crippen LogP contribution in [0, 0.1) is 0 Å². The minimum atomic E-state index is -2.62. The van der Waals surface area contributed by atoms with E-state index in [1.54, 1.807) is 16.9 Å². The molecule has 134 valence electrons. The minimum absolute atomic E-state index is 0.0249. The summed E-state index contributed by atoms with van der Waals surface area (Å²) in [5, 5.41) is 7.06. The summed E-state index contributed by atoms with van der Waals surface area (Å²) in [6.45, 7) is 0.368. The molecule has 0 saturated carbocycles. The largest absolute Gasteiger partial charge is 0.352 e. The molecule has 1 aromatic carbocycles. The van der Waals surface area contributed by atoms with Gasteiger partial charge in [0.25, 0.3) is 11.7 Å². The van der Waals surface area contributed by atoms with Crippen molar-refractivity contribution in [2.75, 3.05) is 6.54 Å². The molecule has 0 aliphatic heterocycles. The first-order valence-electron chi connectivity index (χ1n) is 7.90. The molecule has 0 atom stereocenters. The lowest BCUT2D eigenvalue weighted by atomic mass is 10.2. The summed E-state index contributed by atoms with van der Waals surface area (Å²) in [6.07, 6.45) is 5.60. The van der Waals surface area contributed by atoms with Gasteiger partial charge in [-0.1, -0.05) is 18.2 Å². The number of nitrogens with zero attached hydrogens (tertiary/aromatic N) is 3. The number of halogens is 2. The fourth-order valence-corrected chi connectivity index (χ4v) is 2.95. The van der Waals surface area contributed by atoms with Crippen LogP contribution in [0.3, 0.4) is 0 Å². The summed E-state index contributed by atoms with van der Waals surface area (Å²) in [7, 11) is 0. The van der Waals surface area contributed by atoms with Crippen molar-refractivity contribution in [2.24, 2.45) is 0 Å². The maximum Gasteiger partial charge on any atom is 0.290 e. The average Bonchev–Trinajstić information content (AvgIpc) is 3.11. The topological polar surface area (TPSA) is 59.8 Å². The predicted octanol–water partition coefficient (Wildman–Crippen LogP) is 3.55. The van der Waals surface area contributed by atoms with Crippen LogP contribution < -0.4 is 5.32 Å². The normalized spacial score (nSPS) is 10.9. The number of rotatable bonds is 7. The fraction of sp³-hybridized carbons (Fsp3) is 0.167. The molecule has 2 heterocycles. The van der Waals surface area contributed by atoms with Crippen molar-refractivity contribution >= 4 is 17.7 Å². The van der Waals surface area contributed by atoms with E-state index in [1.807, 2.05) is 36.5 Å². The highest BCUT2D eigenvalue weighted by molar-refractivity contribution is 7.99. The molecule has 0 spiro atoms. The van der Waals surface area contributed by atoms with Gasteiger partial charge in [0.05, 0.1) is 17.4 Å². The number of thioether (sulfide) groups is 1. The van der Waals surface area contributed by atoms with Crippen LogP contribution in [0.5, 0.6) is 0 Å². The first-order valence-corrected chi connectivity index (χ1v) is 8.78. The zero-order chi connectivity index (χ0) is 18.4. The molecule has 1 amide bonds. The van der Waals surface area contributed by atoms with E-state index in [-0.39, 0.29) is 22.4 Å². The Kier molecular flexibility index (Phi) is 5.96. The molecule has 0 aliphatic carbocycles. The van der Waals surface area contributed by atoms with Gasteiger partial charge in [0.15, 0.2) is 0 Å². The highest BCUT2D eigenvalue weighted by Crippen LogP contribution is 2.26. The number of hydrogen-bond acceptors (Lipinski definition) is 4. The van der Waals surface area contributed by atoms with Gasteiger partial charge in [-0.2, -0.15) is 13.9 Å². The Morgan fingerprint density at radius 1 is 1.19 bits per heavy atom. The second kappa shape index (κ2) is 8.57. The minimum Gasteiger partial charge on any atom is -0.352 e. The molecule has 1 N–H and O–H groups in total. The third-order valence-electron chi connectivity index (χ3n) is 3.57. The van der Waals surface area contributed by atoms with Gasteiger partial charge in [0.2, 0.25) is 0 Å². The summed E-state index contributed by atoms with van der Waals surface area (Å²) < 4.78 is 26.9. The Labute approximate surface area is 153 Å². The Balaban J connectivity index is 1.57. The maximum atomic E-state index is 12.6. The van der Waals surface area contributed by atoms with Gasteiger partial charge in [-0.3, -0.25) is 4.79 Å². The highest BCUT2D eigenvalue weighted by Gasteiger charge is 2.16. The number of aromatic nitrogens is 3. The summed E-state index contributed by atoms with van der Waals surface area (Å²) in [5.74, 6) is -3.04. The van der Waals surface area contributed by atoms with Crippen LogP contribution in [0.25, 0.3) is 5.69 Å². The molecule has 0 fully saturated rings. The van der Waals surface area contributed by atoms with Gasteiger partial charge in [0.1, 0.15) is 5.03 Å².